The van der Waals surface area contributed by atoms with E-state index in [4.69, 9.17) is 15.5 Å². The van der Waals surface area contributed by atoms with Gasteiger partial charge in [0, 0.05) is 11.1 Å². The summed E-state index contributed by atoms with van der Waals surface area (Å²) in [5.74, 6) is 0.912. The second-order valence-corrected chi connectivity index (χ2v) is 5.41. The molecule has 0 aliphatic heterocycles. The number of nitrogens with two attached hydrogens (primary N) is 1. The maximum absolute atomic E-state index is 11.4. The lowest BCUT2D eigenvalue weighted by molar-refractivity contribution is 0.112. The van der Waals surface area contributed by atoms with Crippen LogP contribution in [0.3, 0.4) is 0 Å². The van der Waals surface area contributed by atoms with Crippen molar-refractivity contribution in [2.75, 3.05) is 12.8 Å². The van der Waals surface area contributed by atoms with E-state index in [2.05, 4.69) is 16.9 Å². The topological polar surface area (TPSA) is 91.0 Å². The number of nitrogens with zero attached hydrogens (tertiary/aromatic N) is 3. The minimum atomic E-state index is 0.246. The van der Waals surface area contributed by atoms with Gasteiger partial charge < -0.3 is 10.5 Å². The number of nitrogen functional groups attached to an aromatic ring is 1. The molecular formula is C18H18N4O2. The Morgan fingerprint density at radius 2 is 2.00 bits per heavy atom. The van der Waals surface area contributed by atoms with Crippen LogP contribution >= 0.6 is 0 Å². The number of ether oxygens (including phenoxy) is 1. The molecule has 0 radical (unpaired) electrons. The Labute approximate surface area is 139 Å². The van der Waals surface area contributed by atoms with Crippen molar-refractivity contribution in [1.29, 1.82) is 0 Å². The zero-order chi connectivity index (χ0) is 17.1. The molecule has 0 saturated heterocycles. The van der Waals surface area contributed by atoms with Crippen molar-refractivity contribution in [2.45, 2.75) is 19.8 Å². The normalized spacial score (nSPS) is 10.8. The minimum absolute atomic E-state index is 0.246. The van der Waals surface area contributed by atoms with Gasteiger partial charge in [-0.2, -0.15) is 0 Å². The first-order valence-electron chi connectivity index (χ1n) is 7.73. The Hall–Kier alpha value is -3.02. The highest BCUT2D eigenvalue weighted by molar-refractivity contribution is 5.89. The number of carbonyl (C=O) groups is 1. The number of hydrogen-bond acceptors (Lipinski definition) is 6. The number of aryl methyl sites for hydroxylation is 1. The number of aldehydes is 1. The van der Waals surface area contributed by atoms with Gasteiger partial charge in [0.15, 0.2) is 6.29 Å². The second kappa shape index (κ2) is 6.62. The predicted molar refractivity (Wildman–Crippen MR) is 93.1 cm³/mol. The lowest BCUT2D eigenvalue weighted by Gasteiger charge is -2.10. The third-order valence-electron chi connectivity index (χ3n) is 3.78. The quantitative estimate of drug-likeness (QED) is 0.726. The van der Waals surface area contributed by atoms with Crippen LogP contribution in [0.5, 0.6) is 5.75 Å². The van der Waals surface area contributed by atoms with Crippen molar-refractivity contribution >= 4 is 23.3 Å². The molecule has 122 valence electrons. The Morgan fingerprint density at radius 3 is 2.71 bits per heavy atom. The fourth-order valence-corrected chi connectivity index (χ4v) is 2.64. The van der Waals surface area contributed by atoms with E-state index in [-0.39, 0.29) is 5.95 Å². The maximum Gasteiger partial charge on any atom is 0.220 e. The number of pyridine rings is 1. The number of methoxy groups -OCH3 is 1. The van der Waals surface area contributed by atoms with Gasteiger partial charge in [-0.25, -0.2) is 15.0 Å². The SMILES string of the molecule is CCCc1nc(N)nc2ccc(-c3cc(OC)ccc3C=O)nc12. The first kappa shape index (κ1) is 15.9. The average molecular weight is 322 g/mol. The van der Waals surface area contributed by atoms with Gasteiger partial charge in [-0.05, 0) is 36.8 Å². The van der Waals surface area contributed by atoms with Crippen LogP contribution in [0.25, 0.3) is 22.3 Å². The fraction of sp³-hybridized carbons (Fsp3) is 0.222. The number of carbonyl (C=O) groups excluding carboxylic acids is 1. The van der Waals surface area contributed by atoms with Crippen LogP contribution in [-0.4, -0.2) is 28.3 Å². The van der Waals surface area contributed by atoms with Gasteiger partial charge in [0.2, 0.25) is 5.95 Å². The number of benzene rings is 1. The molecule has 0 amide bonds. The number of hydrogen-bond donors (Lipinski definition) is 1. The zero-order valence-electron chi connectivity index (χ0n) is 13.6. The molecule has 0 bridgehead atoms. The molecule has 2 heterocycles. The summed E-state index contributed by atoms with van der Waals surface area (Å²) in [6.45, 7) is 2.07. The van der Waals surface area contributed by atoms with Crippen LogP contribution in [0.2, 0.25) is 0 Å². The molecule has 3 rings (SSSR count). The lowest BCUT2D eigenvalue weighted by Crippen LogP contribution is -2.03. The highest BCUT2D eigenvalue weighted by Gasteiger charge is 2.12. The van der Waals surface area contributed by atoms with Crippen LogP contribution in [0.4, 0.5) is 5.95 Å². The molecule has 6 nitrogen and oxygen atoms in total. The van der Waals surface area contributed by atoms with Crippen molar-refractivity contribution in [3.8, 4) is 17.0 Å². The van der Waals surface area contributed by atoms with E-state index < -0.39 is 0 Å². The lowest BCUT2D eigenvalue weighted by atomic mass is 10.0. The molecule has 0 aliphatic carbocycles. The third-order valence-corrected chi connectivity index (χ3v) is 3.78. The Morgan fingerprint density at radius 1 is 1.17 bits per heavy atom. The van der Waals surface area contributed by atoms with E-state index >= 15 is 0 Å². The third kappa shape index (κ3) is 2.90. The number of rotatable bonds is 5. The summed E-state index contributed by atoms with van der Waals surface area (Å²) in [7, 11) is 1.59. The Balaban J connectivity index is 2.22. The average Bonchev–Trinajstić information content (AvgIpc) is 2.61. The van der Waals surface area contributed by atoms with E-state index in [1.165, 1.54) is 0 Å². The van der Waals surface area contributed by atoms with Crippen LogP contribution in [0.15, 0.2) is 30.3 Å². The van der Waals surface area contributed by atoms with Gasteiger partial charge in [0.1, 0.15) is 11.3 Å². The van der Waals surface area contributed by atoms with Crippen LogP contribution in [0, 0.1) is 0 Å². The highest BCUT2D eigenvalue weighted by Crippen LogP contribution is 2.28. The first-order valence-corrected chi connectivity index (χ1v) is 7.73. The van der Waals surface area contributed by atoms with Gasteiger partial charge in [-0.15, -0.1) is 0 Å². The molecule has 2 aromatic heterocycles. The van der Waals surface area contributed by atoms with E-state index in [0.717, 1.165) is 24.8 Å². The smallest absolute Gasteiger partial charge is 0.220 e. The predicted octanol–water partition coefficient (Wildman–Crippen LogP) is 3.05. The number of aromatic nitrogens is 3. The molecule has 1 aromatic carbocycles. The largest absolute Gasteiger partial charge is 0.497 e. The summed E-state index contributed by atoms with van der Waals surface area (Å²) in [5, 5.41) is 0. The van der Waals surface area contributed by atoms with Crippen LogP contribution < -0.4 is 10.5 Å². The van der Waals surface area contributed by atoms with Gasteiger partial charge in [0.05, 0.1) is 24.0 Å². The van der Waals surface area contributed by atoms with E-state index in [9.17, 15) is 4.79 Å². The van der Waals surface area contributed by atoms with Crippen molar-refractivity contribution in [3.63, 3.8) is 0 Å². The van der Waals surface area contributed by atoms with Crippen molar-refractivity contribution < 1.29 is 9.53 Å². The van der Waals surface area contributed by atoms with E-state index in [1.807, 2.05) is 12.1 Å². The molecule has 0 aliphatic rings. The zero-order valence-corrected chi connectivity index (χ0v) is 13.6. The minimum Gasteiger partial charge on any atom is -0.497 e. The van der Waals surface area contributed by atoms with Gasteiger partial charge in [0.25, 0.3) is 0 Å². The summed E-state index contributed by atoms with van der Waals surface area (Å²) in [6, 6.07) is 8.95. The molecular weight excluding hydrogens is 304 g/mol. The molecule has 0 unspecified atom stereocenters. The Bertz CT molecular complexity index is 909. The van der Waals surface area contributed by atoms with Crippen molar-refractivity contribution in [2.24, 2.45) is 0 Å². The molecule has 0 fully saturated rings. The van der Waals surface area contributed by atoms with E-state index in [0.29, 0.717) is 33.6 Å². The maximum atomic E-state index is 11.4. The Kier molecular flexibility index (Phi) is 4.37. The van der Waals surface area contributed by atoms with Gasteiger partial charge in [-0.3, -0.25) is 4.79 Å². The van der Waals surface area contributed by atoms with Gasteiger partial charge in [-0.1, -0.05) is 13.3 Å². The molecule has 0 spiro atoms. The first-order chi connectivity index (χ1) is 11.7. The summed E-state index contributed by atoms with van der Waals surface area (Å²) in [4.78, 5) is 24.6. The molecule has 3 aromatic rings. The summed E-state index contributed by atoms with van der Waals surface area (Å²) < 4.78 is 5.26. The van der Waals surface area contributed by atoms with Crippen LogP contribution in [0.1, 0.15) is 29.4 Å². The van der Waals surface area contributed by atoms with Crippen molar-refractivity contribution in [3.05, 3.63) is 41.6 Å². The van der Waals surface area contributed by atoms with E-state index in [1.54, 1.807) is 25.3 Å². The monoisotopic (exact) mass is 322 g/mol. The fourth-order valence-electron chi connectivity index (χ4n) is 2.64. The number of fused-ring (bicyclic) bond motifs is 1. The van der Waals surface area contributed by atoms with Crippen molar-refractivity contribution in [1.82, 2.24) is 15.0 Å². The van der Waals surface area contributed by atoms with Gasteiger partial charge >= 0.3 is 0 Å². The molecule has 24 heavy (non-hydrogen) atoms. The second-order valence-electron chi connectivity index (χ2n) is 5.41. The summed E-state index contributed by atoms with van der Waals surface area (Å²) in [6.07, 6.45) is 2.50. The summed E-state index contributed by atoms with van der Waals surface area (Å²) >= 11 is 0. The highest BCUT2D eigenvalue weighted by atomic mass is 16.5. The number of anilines is 1. The van der Waals surface area contributed by atoms with Crippen LogP contribution in [-0.2, 0) is 6.42 Å². The molecule has 6 heteroatoms. The molecule has 2 N–H and O–H groups in total. The standard InChI is InChI=1S/C18H18N4O2/c1-3-4-15-17-16(22-18(19)21-15)8-7-14(20-17)13-9-12(24-2)6-5-11(13)10-23/h5-10H,3-4H2,1-2H3,(H2,19,21,22). The molecule has 0 saturated carbocycles. The molecule has 0 atom stereocenters. The summed E-state index contributed by atoms with van der Waals surface area (Å²) in [5.41, 5.74) is 9.94.